The monoisotopic (exact) mass is 305 g/mol. The maximum atomic E-state index is 13.0. The SMILES string of the molecule is CC(C)n1nccc1NC(=O)CCCOc1cccc(F)c1. The van der Waals surface area contributed by atoms with Crippen molar-refractivity contribution in [2.75, 3.05) is 11.9 Å². The lowest BCUT2D eigenvalue weighted by Gasteiger charge is -2.11. The van der Waals surface area contributed by atoms with E-state index in [1.165, 1.54) is 12.1 Å². The summed E-state index contributed by atoms with van der Waals surface area (Å²) in [7, 11) is 0. The molecule has 1 heterocycles. The Kier molecular flexibility index (Phi) is 5.52. The minimum absolute atomic E-state index is 0.0924. The molecule has 6 heteroatoms. The molecule has 22 heavy (non-hydrogen) atoms. The van der Waals surface area contributed by atoms with E-state index in [4.69, 9.17) is 4.74 Å². The number of ether oxygens (including phenoxy) is 1. The number of carbonyl (C=O) groups is 1. The van der Waals surface area contributed by atoms with E-state index in [9.17, 15) is 9.18 Å². The predicted molar refractivity (Wildman–Crippen MR) is 82.4 cm³/mol. The lowest BCUT2D eigenvalue weighted by Crippen LogP contribution is -2.17. The average molecular weight is 305 g/mol. The van der Waals surface area contributed by atoms with E-state index < -0.39 is 0 Å². The molecule has 1 aromatic carbocycles. The van der Waals surface area contributed by atoms with Crippen LogP contribution < -0.4 is 10.1 Å². The number of rotatable bonds is 7. The van der Waals surface area contributed by atoms with Gasteiger partial charge in [0.2, 0.25) is 5.91 Å². The second kappa shape index (κ2) is 7.59. The molecule has 0 saturated heterocycles. The van der Waals surface area contributed by atoms with Gasteiger partial charge < -0.3 is 10.1 Å². The van der Waals surface area contributed by atoms with Crippen molar-refractivity contribution in [1.29, 1.82) is 0 Å². The summed E-state index contributed by atoms with van der Waals surface area (Å²) in [5, 5.41) is 6.98. The summed E-state index contributed by atoms with van der Waals surface area (Å²) >= 11 is 0. The highest BCUT2D eigenvalue weighted by Gasteiger charge is 2.09. The first kappa shape index (κ1) is 16.0. The maximum absolute atomic E-state index is 13.0. The summed E-state index contributed by atoms with van der Waals surface area (Å²) in [6.07, 6.45) is 2.54. The van der Waals surface area contributed by atoms with Gasteiger partial charge in [0.05, 0.1) is 12.8 Å². The lowest BCUT2D eigenvalue weighted by atomic mass is 10.3. The van der Waals surface area contributed by atoms with Crippen LogP contribution in [0, 0.1) is 5.82 Å². The maximum Gasteiger partial charge on any atom is 0.225 e. The van der Waals surface area contributed by atoms with Gasteiger partial charge in [-0.15, -0.1) is 0 Å². The molecule has 1 N–H and O–H groups in total. The number of hydrogen-bond acceptors (Lipinski definition) is 3. The third-order valence-electron chi connectivity index (χ3n) is 3.04. The van der Waals surface area contributed by atoms with E-state index in [2.05, 4.69) is 10.4 Å². The molecular weight excluding hydrogens is 285 g/mol. The van der Waals surface area contributed by atoms with Crippen molar-refractivity contribution in [1.82, 2.24) is 9.78 Å². The van der Waals surface area contributed by atoms with Crippen LogP contribution in [0.4, 0.5) is 10.2 Å². The molecule has 5 nitrogen and oxygen atoms in total. The highest BCUT2D eigenvalue weighted by Crippen LogP contribution is 2.14. The fraction of sp³-hybridized carbons (Fsp3) is 0.375. The minimum Gasteiger partial charge on any atom is -0.493 e. The van der Waals surface area contributed by atoms with Crippen LogP contribution in [0.3, 0.4) is 0 Å². The van der Waals surface area contributed by atoms with Crippen LogP contribution in [0.1, 0.15) is 32.7 Å². The molecule has 0 saturated carbocycles. The molecule has 0 fully saturated rings. The van der Waals surface area contributed by atoms with E-state index in [0.717, 1.165) is 0 Å². The van der Waals surface area contributed by atoms with E-state index in [1.807, 2.05) is 13.8 Å². The molecule has 0 aliphatic heterocycles. The van der Waals surface area contributed by atoms with E-state index >= 15 is 0 Å². The lowest BCUT2D eigenvalue weighted by molar-refractivity contribution is -0.116. The quantitative estimate of drug-likeness (QED) is 0.798. The molecule has 1 aromatic heterocycles. The standard InChI is InChI=1S/C16H20FN3O2/c1-12(2)20-15(8-9-18-20)19-16(21)7-4-10-22-14-6-3-5-13(17)11-14/h3,5-6,8-9,11-12H,4,7,10H2,1-2H3,(H,19,21). The highest BCUT2D eigenvalue weighted by molar-refractivity contribution is 5.89. The summed E-state index contributed by atoms with van der Waals surface area (Å²) in [6.45, 7) is 4.35. The van der Waals surface area contributed by atoms with Gasteiger partial charge in [0, 0.05) is 24.6 Å². The Hall–Kier alpha value is -2.37. The van der Waals surface area contributed by atoms with Crippen molar-refractivity contribution in [3.63, 3.8) is 0 Å². The first-order valence-corrected chi connectivity index (χ1v) is 7.28. The van der Waals surface area contributed by atoms with Crippen molar-refractivity contribution in [2.45, 2.75) is 32.7 Å². The van der Waals surface area contributed by atoms with Crippen LogP contribution in [0.25, 0.3) is 0 Å². The second-order valence-corrected chi connectivity index (χ2v) is 5.21. The Morgan fingerprint density at radius 3 is 2.95 bits per heavy atom. The summed E-state index contributed by atoms with van der Waals surface area (Å²) in [4.78, 5) is 11.9. The minimum atomic E-state index is -0.336. The first-order valence-electron chi connectivity index (χ1n) is 7.28. The van der Waals surface area contributed by atoms with Crippen molar-refractivity contribution >= 4 is 11.7 Å². The Balaban J connectivity index is 1.73. The van der Waals surface area contributed by atoms with Gasteiger partial charge in [-0.2, -0.15) is 5.10 Å². The number of carbonyl (C=O) groups excluding carboxylic acids is 1. The molecule has 2 rings (SSSR count). The molecule has 2 aromatic rings. The second-order valence-electron chi connectivity index (χ2n) is 5.21. The van der Waals surface area contributed by atoms with Crippen LogP contribution in [0.5, 0.6) is 5.75 Å². The molecular formula is C16H20FN3O2. The van der Waals surface area contributed by atoms with Gasteiger partial charge in [-0.3, -0.25) is 4.79 Å². The third kappa shape index (κ3) is 4.58. The van der Waals surface area contributed by atoms with E-state index in [1.54, 1.807) is 29.1 Å². The smallest absolute Gasteiger partial charge is 0.225 e. The number of aromatic nitrogens is 2. The fourth-order valence-electron chi connectivity index (χ4n) is 2.01. The topological polar surface area (TPSA) is 56.2 Å². The third-order valence-corrected chi connectivity index (χ3v) is 3.04. The van der Waals surface area contributed by atoms with Gasteiger partial charge in [-0.25, -0.2) is 9.07 Å². The number of anilines is 1. The number of hydrogen-bond donors (Lipinski definition) is 1. The molecule has 0 aliphatic rings. The normalized spacial score (nSPS) is 10.7. The summed E-state index contributed by atoms with van der Waals surface area (Å²) in [6, 6.07) is 7.90. The number of nitrogens with zero attached hydrogens (tertiary/aromatic N) is 2. The number of nitrogens with one attached hydrogen (secondary N) is 1. The van der Waals surface area contributed by atoms with Crippen LogP contribution >= 0.6 is 0 Å². The van der Waals surface area contributed by atoms with Crippen LogP contribution in [0.2, 0.25) is 0 Å². The Labute approximate surface area is 129 Å². The molecule has 0 spiro atoms. The summed E-state index contributed by atoms with van der Waals surface area (Å²) in [5.74, 6) is 0.728. The zero-order valence-electron chi connectivity index (χ0n) is 12.8. The van der Waals surface area contributed by atoms with Gasteiger partial charge in [0.15, 0.2) is 0 Å². The Morgan fingerprint density at radius 2 is 2.23 bits per heavy atom. The van der Waals surface area contributed by atoms with Gasteiger partial charge in [-0.1, -0.05) is 6.07 Å². The fourth-order valence-corrected chi connectivity index (χ4v) is 2.01. The van der Waals surface area contributed by atoms with Crippen LogP contribution in [0.15, 0.2) is 36.5 Å². The zero-order chi connectivity index (χ0) is 15.9. The van der Waals surface area contributed by atoms with Gasteiger partial charge >= 0.3 is 0 Å². The van der Waals surface area contributed by atoms with Gasteiger partial charge in [0.1, 0.15) is 17.4 Å². The molecule has 0 aliphatic carbocycles. The van der Waals surface area contributed by atoms with Crippen molar-refractivity contribution < 1.29 is 13.9 Å². The molecule has 118 valence electrons. The first-order chi connectivity index (χ1) is 10.6. The highest BCUT2D eigenvalue weighted by atomic mass is 19.1. The molecule has 1 amide bonds. The molecule has 0 bridgehead atoms. The van der Waals surface area contributed by atoms with Crippen molar-refractivity contribution in [2.24, 2.45) is 0 Å². The van der Waals surface area contributed by atoms with Crippen molar-refractivity contribution in [3.8, 4) is 5.75 Å². The van der Waals surface area contributed by atoms with Gasteiger partial charge in [-0.05, 0) is 32.4 Å². The van der Waals surface area contributed by atoms with Crippen LogP contribution in [-0.2, 0) is 4.79 Å². The largest absolute Gasteiger partial charge is 0.493 e. The average Bonchev–Trinajstić information content (AvgIpc) is 2.92. The Bertz CT molecular complexity index is 625. The molecule has 0 atom stereocenters. The van der Waals surface area contributed by atoms with Crippen LogP contribution in [-0.4, -0.2) is 22.3 Å². The van der Waals surface area contributed by atoms with Crippen molar-refractivity contribution in [3.05, 3.63) is 42.3 Å². The summed E-state index contributed by atoms with van der Waals surface area (Å²) in [5.41, 5.74) is 0. The number of amides is 1. The molecule has 0 radical (unpaired) electrons. The number of halogens is 1. The Morgan fingerprint density at radius 1 is 1.41 bits per heavy atom. The summed E-state index contributed by atoms with van der Waals surface area (Å²) < 4.78 is 20.1. The predicted octanol–water partition coefficient (Wildman–Crippen LogP) is 3.40. The van der Waals surface area contributed by atoms with E-state index in [0.29, 0.717) is 31.0 Å². The van der Waals surface area contributed by atoms with E-state index in [-0.39, 0.29) is 17.8 Å². The van der Waals surface area contributed by atoms with Gasteiger partial charge in [0.25, 0.3) is 0 Å². The molecule has 0 unspecified atom stereocenters. The number of benzene rings is 1. The zero-order valence-corrected chi connectivity index (χ0v) is 12.8.